The van der Waals surface area contributed by atoms with Gasteiger partial charge >= 0.3 is 0 Å². The summed E-state index contributed by atoms with van der Waals surface area (Å²) < 4.78 is 6.75. The molecule has 0 saturated carbocycles. The lowest BCUT2D eigenvalue weighted by atomic mass is 10.0. The first kappa shape index (κ1) is 23.9. The van der Waals surface area contributed by atoms with E-state index < -0.39 is 0 Å². The van der Waals surface area contributed by atoms with Crippen LogP contribution in [0.2, 0.25) is 0 Å². The number of amides is 1. The van der Waals surface area contributed by atoms with Gasteiger partial charge in [-0.25, -0.2) is 9.97 Å². The molecule has 1 N–H and O–H groups in total. The maximum absolute atomic E-state index is 13.1. The minimum atomic E-state index is 0.110. The van der Waals surface area contributed by atoms with Gasteiger partial charge in [0.05, 0.1) is 18.2 Å². The Bertz CT molecular complexity index is 1360. The van der Waals surface area contributed by atoms with Crippen molar-refractivity contribution in [2.24, 2.45) is 0 Å². The highest BCUT2D eigenvalue weighted by atomic mass is 32.1. The normalized spacial score (nSPS) is 16.8. The Morgan fingerprint density at radius 1 is 1.03 bits per heavy atom. The molecule has 0 aliphatic carbocycles. The summed E-state index contributed by atoms with van der Waals surface area (Å²) in [6, 6.07) is 18.6. The second kappa shape index (κ2) is 10.5. The SMILES string of the molecule is COc1cnc(Nc2ccc(C(=O)N3CCC(N4CCCC4)CC3)cc2)nc1-c1cc2ccccc2s1. The smallest absolute Gasteiger partial charge is 0.253 e. The minimum absolute atomic E-state index is 0.110. The number of carbonyl (C=O) groups excluding carboxylic acids is 1. The number of carbonyl (C=O) groups is 1. The molecular formula is C29H31N5O2S. The Balaban J connectivity index is 1.13. The van der Waals surface area contributed by atoms with E-state index in [1.165, 1.54) is 36.0 Å². The molecule has 37 heavy (non-hydrogen) atoms. The van der Waals surface area contributed by atoms with Gasteiger partial charge in [-0.1, -0.05) is 18.2 Å². The molecule has 4 heterocycles. The van der Waals surface area contributed by atoms with Gasteiger partial charge in [-0.3, -0.25) is 4.79 Å². The molecule has 2 aliphatic rings. The van der Waals surface area contributed by atoms with Crippen molar-refractivity contribution in [3.8, 4) is 16.3 Å². The number of likely N-dealkylation sites (tertiary alicyclic amines) is 2. The van der Waals surface area contributed by atoms with E-state index in [4.69, 9.17) is 9.72 Å². The Morgan fingerprint density at radius 3 is 2.51 bits per heavy atom. The number of hydrogen-bond donors (Lipinski definition) is 1. The first-order valence-electron chi connectivity index (χ1n) is 13.0. The Morgan fingerprint density at radius 2 is 1.78 bits per heavy atom. The number of fused-ring (bicyclic) bond motifs is 1. The van der Waals surface area contributed by atoms with Crippen molar-refractivity contribution < 1.29 is 9.53 Å². The topological polar surface area (TPSA) is 70.6 Å². The molecule has 4 aromatic rings. The van der Waals surface area contributed by atoms with Crippen LogP contribution in [0, 0.1) is 0 Å². The molecule has 2 aliphatic heterocycles. The zero-order chi connectivity index (χ0) is 25.2. The van der Waals surface area contributed by atoms with E-state index in [1.54, 1.807) is 24.6 Å². The molecule has 8 heteroatoms. The third-order valence-corrected chi connectivity index (χ3v) is 8.55. The van der Waals surface area contributed by atoms with Crippen LogP contribution in [0.3, 0.4) is 0 Å². The van der Waals surface area contributed by atoms with Crippen LogP contribution in [0.15, 0.2) is 60.8 Å². The lowest BCUT2D eigenvalue weighted by Gasteiger charge is -2.36. The molecule has 1 amide bonds. The largest absolute Gasteiger partial charge is 0.493 e. The van der Waals surface area contributed by atoms with E-state index >= 15 is 0 Å². The standard InChI is InChI=1S/C29H31N5O2S/c1-36-24-19-30-29(32-27(24)26-18-21-6-2-3-7-25(21)37-26)31-22-10-8-20(9-11-22)28(35)34-16-12-23(13-17-34)33-14-4-5-15-33/h2-3,6-11,18-19,23H,4-5,12-17H2,1H3,(H,30,31,32). The number of thiophene rings is 1. The van der Waals surface area contributed by atoms with Crippen LogP contribution in [0.25, 0.3) is 20.7 Å². The van der Waals surface area contributed by atoms with Gasteiger partial charge in [-0.2, -0.15) is 0 Å². The van der Waals surface area contributed by atoms with Gasteiger partial charge in [0.25, 0.3) is 5.91 Å². The number of aromatic nitrogens is 2. The summed E-state index contributed by atoms with van der Waals surface area (Å²) in [5, 5.41) is 4.46. The van der Waals surface area contributed by atoms with Gasteiger partial charge < -0.3 is 19.9 Å². The van der Waals surface area contributed by atoms with E-state index in [0.29, 0.717) is 23.3 Å². The van der Waals surface area contributed by atoms with Crippen LogP contribution in [0.4, 0.5) is 11.6 Å². The molecule has 190 valence electrons. The maximum atomic E-state index is 13.1. The molecule has 0 bridgehead atoms. The predicted octanol–water partition coefficient (Wildman–Crippen LogP) is 5.81. The quantitative estimate of drug-likeness (QED) is 0.351. The molecule has 0 spiro atoms. The molecule has 0 atom stereocenters. The lowest BCUT2D eigenvalue weighted by molar-refractivity contribution is 0.0644. The summed E-state index contributed by atoms with van der Waals surface area (Å²) >= 11 is 1.68. The van der Waals surface area contributed by atoms with Crippen molar-refractivity contribution in [3.63, 3.8) is 0 Å². The number of benzene rings is 2. The molecule has 2 aromatic carbocycles. The van der Waals surface area contributed by atoms with Gasteiger partial charge in [0.15, 0.2) is 5.75 Å². The molecule has 2 saturated heterocycles. The number of rotatable bonds is 6. The maximum Gasteiger partial charge on any atom is 0.253 e. The number of nitrogens with zero attached hydrogens (tertiary/aromatic N) is 4. The number of piperidine rings is 1. The van der Waals surface area contributed by atoms with Gasteiger partial charge in [0.1, 0.15) is 5.69 Å². The van der Waals surface area contributed by atoms with Gasteiger partial charge in [0.2, 0.25) is 5.95 Å². The van der Waals surface area contributed by atoms with Crippen LogP contribution >= 0.6 is 11.3 Å². The van der Waals surface area contributed by atoms with Crippen molar-refractivity contribution in [2.45, 2.75) is 31.7 Å². The van der Waals surface area contributed by atoms with Crippen LogP contribution in [0.5, 0.6) is 5.75 Å². The fraction of sp³-hybridized carbons (Fsp3) is 0.345. The second-order valence-corrected chi connectivity index (χ2v) is 10.8. The van der Waals surface area contributed by atoms with Crippen molar-refractivity contribution >= 4 is 39.0 Å². The lowest BCUT2D eigenvalue weighted by Crippen LogP contribution is -2.45. The monoisotopic (exact) mass is 513 g/mol. The molecule has 2 aromatic heterocycles. The zero-order valence-corrected chi connectivity index (χ0v) is 21.8. The van der Waals surface area contributed by atoms with Gasteiger partial charge in [-0.15, -0.1) is 11.3 Å². The molecule has 6 rings (SSSR count). The average Bonchev–Trinajstić information content (AvgIpc) is 3.64. The third kappa shape index (κ3) is 5.04. The van der Waals surface area contributed by atoms with E-state index in [1.807, 2.05) is 41.3 Å². The first-order valence-corrected chi connectivity index (χ1v) is 13.8. The average molecular weight is 514 g/mol. The second-order valence-electron chi connectivity index (χ2n) is 9.73. The van der Waals surface area contributed by atoms with Crippen LogP contribution < -0.4 is 10.1 Å². The van der Waals surface area contributed by atoms with E-state index in [2.05, 4.69) is 33.4 Å². The summed E-state index contributed by atoms with van der Waals surface area (Å²) in [4.78, 5) is 27.9. The molecule has 0 radical (unpaired) electrons. The van der Waals surface area contributed by atoms with E-state index in [-0.39, 0.29) is 5.91 Å². The number of anilines is 2. The zero-order valence-electron chi connectivity index (χ0n) is 21.0. The Labute approximate surface area is 221 Å². The van der Waals surface area contributed by atoms with Crippen molar-refractivity contribution in [1.82, 2.24) is 19.8 Å². The van der Waals surface area contributed by atoms with Crippen molar-refractivity contribution in [1.29, 1.82) is 0 Å². The highest BCUT2D eigenvalue weighted by molar-refractivity contribution is 7.22. The highest BCUT2D eigenvalue weighted by Gasteiger charge is 2.28. The number of methoxy groups -OCH3 is 1. The number of nitrogens with one attached hydrogen (secondary N) is 1. The number of ether oxygens (including phenoxy) is 1. The van der Waals surface area contributed by atoms with Crippen LogP contribution in [-0.2, 0) is 0 Å². The van der Waals surface area contributed by atoms with Crippen molar-refractivity contribution in [2.75, 3.05) is 38.6 Å². The molecule has 7 nitrogen and oxygen atoms in total. The Kier molecular flexibility index (Phi) is 6.76. The fourth-order valence-corrected chi connectivity index (χ4v) is 6.46. The third-order valence-electron chi connectivity index (χ3n) is 7.43. The summed E-state index contributed by atoms with van der Waals surface area (Å²) in [6.45, 7) is 4.10. The van der Waals surface area contributed by atoms with Gasteiger partial charge in [-0.05, 0) is 80.6 Å². The molecular weight excluding hydrogens is 482 g/mol. The Hall–Kier alpha value is -3.49. The van der Waals surface area contributed by atoms with E-state index in [0.717, 1.165) is 42.2 Å². The summed E-state index contributed by atoms with van der Waals surface area (Å²) in [5.74, 6) is 1.22. The minimum Gasteiger partial charge on any atom is -0.493 e. The van der Waals surface area contributed by atoms with E-state index in [9.17, 15) is 4.79 Å². The fourth-order valence-electron chi connectivity index (χ4n) is 5.40. The summed E-state index contributed by atoms with van der Waals surface area (Å²) in [7, 11) is 1.63. The van der Waals surface area contributed by atoms with Crippen LogP contribution in [-0.4, -0.2) is 65.0 Å². The molecule has 2 fully saturated rings. The van der Waals surface area contributed by atoms with Crippen LogP contribution in [0.1, 0.15) is 36.0 Å². The number of hydrogen-bond acceptors (Lipinski definition) is 7. The summed E-state index contributed by atoms with van der Waals surface area (Å²) in [5.41, 5.74) is 2.30. The summed E-state index contributed by atoms with van der Waals surface area (Å²) in [6.07, 6.45) is 6.46. The first-order chi connectivity index (χ1) is 18.2. The molecule has 0 unspecified atom stereocenters. The van der Waals surface area contributed by atoms with Gasteiger partial charge in [0, 0.05) is 35.1 Å². The van der Waals surface area contributed by atoms with Crippen molar-refractivity contribution in [3.05, 3.63) is 66.4 Å². The predicted molar refractivity (Wildman–Crippen MR) is 149 cm³/mol. The highest BCUT2D eigenvalue weighted by Crippen LogP contribution is 2.37.